The third-order valence-corrected chi connectivity index (χ3v) is 4.25. The largest absolute Gasteiger partial charge is 0.459 e. The van der Waals surface area contributed by atoms with Gasteiger partial charge < -0.3 is 14.3 Å². The van der Waals surface area contributed by atoms with Gasteiger partial charge in [-0.25, -0.2) is 4.98 Å². The van der Waals surface area contributed by atoms with Gasteiger partial charge in [-0.15, -0.1) is 11.3 Å². The van der Waals surface area contributed by atoms with Gasteiger partial charge in [0.15, 0.2) is 11.6 Å². The highest BCUT2D eigenvalue weighted by molar-refractivity contribution is 7.10. The van der Waals surface area contributed by atoms with Crippen LogP contribution < -0.4 is 5.32 Å². The molecule has 120 valence electrons. The number of nitrogens with one attached hydrogen (secondary N) is 1. The predicted molar refractivity (Wildman–Crippen MR) is 84.0 cm³/mol. The minimum absolute atomic E-state index is 0.0746. The predicted octanol–water partition coefficient (Wildman–Crippen LogP) is 3.01. The second-order valence-corrected chi connectivity index (χ2v) is 6.82. The lowest BCUT2D eigenvalue weighted by atomic mass is 9.98. The molecule has 8 heteroatoms. The minimum Gasteiger partial charge on any atom is -0.459 e. The molecule has 7 nitrogen and oxygen atoms in total. The molecule has 0 bridgehead atoms. The summed E-state index contributed by atoms with van der Waals surface area (Å²) < 4.78 is 10.2. The summed E-state index contributed by atoms with van der Waals surface area (Å²) in [5.41, 5.74) is 0.323. The quantitative estimate of drug-likeness (QED) is 0.789. The van der Waals surface area contributed by atoms with E-state index in [4.69, 9.17) is 8.94 Å². The van der Waals surface area contributed by atoms with E-state index in [1.165, 1.54) is 17.6 Å². The van der Waals surface area contributed by atoms with E-state index in [9.17, 15) is 4.79 Å². The first kappa shape index (κ1) is 15.4. The topological polar surface area (TPSA) is 94.1 Å². The Morgan fingerprint density at radius 2 is 2.17 bits per heavy atom. The Balaban J connectivity index is 1.62. The first-order chi connectivity index (χ1) is 10.9. The van der Waals surface area contributed by atoms with Crippen LogP contribution >= 0.6 is 11.3 Å². The van der Waals surface area contributed by atoms with Crippen LogP contribution in [-0.2, 0) is 12.0 Å². The summed E-state index contributed by atoms with van der Waals surface area (Å²) in [5.74, 6) is 0.879. The average Bonchev–Trinajstić information content (AvgIpc) is 3.22. The summed E-state index contributed by atoms with van der Waals surface area (Å²) in [7, 11) is 0. The van der Waals surface area contributed by atoms with Crippen LogP contribution in [0.25, 0.3) is 11.7 Å². The Morgan fingerprint density at radius 3 is 2.83 bits per heavy atom. The van der Waals surface area contributed by atoms with Gasteiger partial charge in [-0.3, -0.25) is 4.79 Å². The lowest BCUT2D eigenvalue weighted by Crippen LogP contribution is -2.24. The lowest BCUT2D eigenvalue weighted by molar-refractivity contribution is 0.0945. The highest BCUT2D eigenvalue weighted by Gasteiger charge is 2.20. The van der Waals surface area contributed by atoms with E-state index in [2.05, 4.69) is 41.2 Å². The molecule has 0 aliphatic rings. The van der Waals surface area contributed by atoms with E-state index in [0.29, 0.717) is 17.3 Å². The van der Waals surface area contributed by atoms with Gasteiger partial charge in [-0.2, -0.15) is 4.98 Å². The average molecular weight is 332 g/mol. The maximum Gasteiger partial charge on any atom is 0.293 e. The summed E-state index contributed by atoms with van der Waals surface area (Å²) in [6, 6.07) is 3.45. The van der Waals surface area contributed by atoms with E-state index in [0.717, 1.165) is 5.01 Å². The van der Waals surface area contributed by atoms with E-state index < -0.39 is 0 Å². The van der Waals surface area contributed by atoms with Crippen LogP contribution in [0.4, 0.5) is 0 Å². The number of nitrogens with zero attached hydrogens (tertiary/aromatic N) is 3. The molecule has 0 atom stereocenters. The standard InChI is InChI=1S/C15H16N4O3S/c1-15(2,3)14-17-9(8-23-14)12(20)16-7-11-18-13(22-19-11)10-5-4-6-21-10/h4-6,8H,7H2,1-3H3,(H,16,20). The van der Waals surface area contributed by atoms with E-state index in [-0.39, 0.29) is 23.8 Å². The fraction of sp³-hybridized carbons (Fsp3) is 0.333. The smallest absolute Gasteiger partial charge is 0.293 e. The summed E-state index contributed by atoms with van der Waals surface area (Å²) >= 11 is 1.47. The Bertz CT molecular complexity index is 799. The van der Waals surface area contributed by atoms with E-state index in [1.54, 1.807) is 17.5 Å². The van der Waals surface area contributed by atoms with Crippen LogP contribution in [0.5, 0.6) is 0 Å². The number of amides is 1. The van der Waals surface area contributed by atoms with Gasteiger partial charge in [0, 0.05) is 10.8 Å². The van der Waals surface area contributed by atoms with Crippen molar-refractivity contribution in [2.75, 3.05) is 0 Å². The Hall–Kier alpha value is -2.48. The number of thiazole rings is 1. The van der Waals surface area contributed by atoms with Crippen LogP contribution in [0.15, 0.2) is 32.7 Å². The first-order valence-electron chi connectivity index (χ1n) is 7.04. The van der Waals surface area contributed by atoms with Crippen LogP contribution in [0.2, 0.25) is 0 Å². The molecule has 3 aromatic heterocycles. The highest BCUT2D eigenvalue weighted by atomic mass is 32.1. The number of carbonyl (C=O) groups excluding carboxylic acids is 1. The molecule has 0 aliphatic carbocycles. The molecule has 0 radical (unpaired) electrons. The van der Waals surface area contributed by atoms with Gasteiger partial charge in [0.25, 0.3) is 11.8 Å². The number of hydrogen-bond donors (Lipinski definition) is 1. The van der Waals surface area contributed by atoms with E-state index in [1.807, 2.05) is 0 Å². The van der Waals surface area contributed by atoms with Crippen molar-refractivity contribution in [1.29, 1.82) is 0 Å². The molecule has 0 fully saturated rings. The molecule has 3 rings (SSSR count). The van der Waals surface area contributed by atoms with Crippen molar-refractivity contribution >= 4 is 17.2 Å². The van der Waals surface area contributed by atoms with Gasteiger partial charge in [0.2, 0.25) is 0 Å². The molecule has 3 aromatic rings. The molecular formula is C15H16N4O3S. The molecule has 0 aliphatic heterocycles. The summed E-state index contributed by atoms with van der Waals surface area (Å²) in [5, 5.41) is 9.20. The second-order valence-electron chi connectivity index (χ2n) is 5.96. The number of furan rings is 1. The van der Waals surface area contributed by atoms with Crippen molar-refractivity contribution in [3.63, 3.8) is 0 Å². The molecule has 3 heterocycles. The second kappa shape index (κ2) is 5.96. The number of rotatable bonds is 4. The van der Waals surface area contributed by atoms with Crippen LogP contribution in [0.3, 0.4) is 0 Å². The molecule has 0 aromatic carbocycles. The van der Waals surface area contributed by atoms with Gasteiger partial charge in [-0.05, 0) is 12.1 Å². The monoisotopic (exact) mass is 332 g/mol. The van der Waals surface area contributed by atoms with Crippen molar-refractivity contribution in [3.8, 4) is 11.7 Å². The fourth-order valence-corrected chi connectivity index (χ4v) is 2.69. The maximum absolute atomic E-state index is 12.1. The third-order valence-electron chi connectivity index (χ3n) is 2.99. The zero-order valence-electron chi connectivity index (χ0n) is 13.0. The Kier molecular flexibility index (Phi) is 3.99. The van der Waals surface area contributed by atoms with Crippen molar-refractivity contribution in [2.45, 2.75) is 32.7 Å². The molecule has 0 spiro atoms. The zero-order valence-corrected chi connectivity index (χ0v) is 13.8. The maximum atomic E-state index is 12.1. The van der Waals surface area contributed by atoms with Crippen LogP contribution in [0.1, 0.15) is 42.1 Å². The van der Waals surface area contributed by atoms with Gasteiger partial charge >= 0.3 is 0 Å². The minimum atomic E-state index is -0.263. The van der Waals surface area contributed by atoms with Crippen molar-refractivity contribution < 1.29 is 13.7 Å². The number of aromatic nitrogens is 3. The summed E-state index contributed by atoms with van der Waals surface area (Å²) in [6.07, 6.45) is 1.52. The lowest BCUT2D eigenvalue weighted by Gasteiger charge is -2.13. The fourth-order valence-electron chi connectivity index (χ4n) is 1.80. The molecule has 23 heavy (non-hydrogen) atoms. The molecule has 0 saturated heterocycles. The Labute approximate surface area is 136 Å². The number of carbonyl (C=O) groups is 1. The van der Waals surface area contributed by atoms with Crippen LogP contribution in [0, 0.1) is 0 Å². The molecular weight excluding hydrogens is 316 g/mol. The third kappa shape index (κ3) is 3.48. The normalized spacial score (nSPS) is 11.6. The Morgan fingerprint density at radius 1 is 1.35 bits per heavy atom. The van der Waals surface area contributed by atoms with Gasteiger partial charge in [0.05, 0.1) is 17.8 Å². The molecule has 1 N–H and O–H groups in total. The van der Waals surface area contributed by atoms with E-state index >= 15 is 0 Å². The summed E-state index contributed by atoms with van der Waals surface area (Å²) in [4.78, 5) is 20.6. The first-order valence-corrected chi connectivity index (χ1v) is 7.92. The molecule has 0 saturated carbocycles. The molecule has 0 unspecified atom stereocenters. The highest BCUT2D eigenvalue weighted by Crippen LogP contribution is 2.25. The SMILES string of the molecule is CC(C)(C)c1nc(C(=O)NCc2noc(-c3ccco3)n2)cs1. The molecule has 1 amide bonds. The van der Waals surface area contributed by atoms with Crippen molar-refractivity contribution in [2.24, 2.45) is 0 Å². The van der Waals surface area contributed by atoms with Gasteiger partial charge in [-0.1, -0.05) is 25.9 Å². The van der Waals surface area contributed by atoms with Crippen molar-refractivity contribution in [1.82, 2.24) is 20.4 Å². The summed E-state index contributed by atoms with van der Waals surface area (Å²) in [6.45, 7) is 6.33. The van der Waals surface area contributed by atoms with Gasteiger partial charge in [0.1, 0.15) is 5.69 Å². The van der Waals surface area contributed by atoms with Crippen molar-refractivity contribution in [3.05, 3.63) is 40.3 Å². The van der Waals surface area contributed by atoms with Crippen LogP contribution in [-0.4, -0.2) is 21.0 Å². The zero-order chi connectivity index (χ0) is 16.4. The number of hydrogen-bond acceptors (Lipinski definition) is 7.